The highest BCUT2D eigenvalue weighted by molar-refractivity contribution is 5.27. The normalized spacial score (nSPS) is 18.2. The van der Waals surface area contributed by atoms with Crippen LogP contribution < -0.4 is 0 Å². The van der Waals surface area contributed by atoms with Crippen molar-refractivity contribution in [1.82, 2.24) is 10.2 Å². The fourth-order valence-corrected chi connectivity index (χ4v) is 1.23. The Hall–Kier alpha value is -1.00. The first kappa shape index (κ1) is 7.64. The molecule has 12 heavy (non-hydrogen) atoms. The van der Waals surface area contributed by atoms with Crippen LogP contribution in [0.4, 0.5) is 13.2 Å². The van der Waals surface area contributed by atoms with E-state index in [1.807, 2.05) is 5.10 Å². The van der Waals surface area contributed by atoms with Gasteiger partial charge in [0.1, 0.15) is 5.69 Å². The number of nitrogens with zero attached hydrogens (tertiary/aromatic N) is 1. The van der Waals surface area contributed by atoms with Gasteiger partial charge in [-0.3, -0.25) is 5.10 Å². The van der Waals surface area contributed by atoms with Crippen LogP contribution in [0.5, 0.6) is 0 Å². The van der Waals surface area contributed by atoms with E-state index < -0.39 is 11.9 Å². The maximum atomic E-state index is 12.2. The number of H-pyrrole nitrogens is 1. The number of alkyl halides is 3. The van der Waals surface area contributed by atoms with E-state index in [4.69, 9.17) is 0 Å². The number of hydrogen-bond acceptors (Lipinski definition) is 1. The van der Waals surface area contributed by atoms with E-state index in [-0.39, 0.29) is 5.92 Å². The van der Waals surface area contributed by atoms with Gasteiger partial charge >= 0.3 is 6.18 Å². The third-order valence-electron chi connectivity index (χ3n) is 1.97. The second-order valence-corrected chi connectivity index (χ2v) is 2.97. The zero-order chi connectivity index (χ0) is 8.77. The van der Waals surface area contributed by atoms with Gasteiger partial charge in [-0.15, -0.1) is 0 Å². The molecule has 0 bridgehead atoms. The molecule has 0 saturated heterocycles. The maximum Gasteiger partial charge on any atom is 0.433 e. The third kappa shape index (κ3) is 1.19. The number of rotatable bonds is 1. The molecule has 1 saturated carbocycles. The Balaban J connectivity index is 2.36. The molecule has 1 heterocycles. The number of aromatic amines is 1. The van der Waals surface area contributed by atoms with Crippen LogP contribution >= 0.6 is 0 Å². The molecule has 66 valence electrons. The molecule has 1 aliphatic rings. The van der Waals surface area contributed by atoms with E-state index >= 15 is 0 Å². The zero-order valence-electron chi connectivity index (χ0n) is 6.15. The van der Waals surface area contributed by atoms with Crippen molar-refractivity contribution in [3.63, 3.8) is 0 Å². The quantitative estimate of drug-likeness (QED) is 0.698. The summed E-state index contributed by atoms with van der Waals surface area (Å²) < 4.78 is 36.6. The minimum Gasteiger partial charge on any atom is -0.273 e. The molecule has 0 aliphatic heterocycles. The molecule has 1 fully saturated rings. The van der Waals surface area contributed by atoms with Gasteiger partial charge in [0.05, 0.1) is 6.20 Å². The Bertz CT molecular complexity index is 285. The van der Waals surface area contributed by atoms with Crippen molar-refractivity contribution in [1.29, 1.82) is 0 Å². The van der Waals surface area contributed by atoms with Crippen LogP contribution in [-0.4, -0.2) is 10.2 Å². The molecule has 0 radical (unpaired) electrons. The average Bonchev–Trinajstić information content (AvgIpc) is 2.65. The molecule has 0 amide bonds. The molecule has 2 nitrogen and oxygen atoms in total. The SMILES string of the molecule is FC(F)(F)c1[nH]ncc1C1CC1. The van der Waals surface area contributed by atoms with Crippen LogP contribution in [-0.2, 0) is 6.18 Å². The highest BCUT2D eigenvalue weighted by atomic mass is 19.4. The van der Waals surface area contributed by atoms with Crippen molar-refractivity contribution in [3.8, 4) is 0 Å². The largest absolute Gasteiger partial charge is 0.433 e. The Morgan fingerprint density at radius 2 is 2.08 bits per heavy atom. The molecular formula is C7H7F3N2. The third-order valence-corrected chi connectivity index (χ3v) is 1.97. The lowest BCUT2D eigenvalue weighted by Gasteiger charge is -2.04. The van der Waals surface area contributed by atoms with Gasteiger partial charge in [0.2, 0.25) is 0 Å². The van der Waals surface area contributed by atoms with Crippen molar-refractivity contribution in [3.05, 3.63) is 17.5 Å². The minimum atomic E-state index is -4.28. The van der Waals surface area contributed by atoms with Crippen LogP contribution in [0.3, 0.4) is 0 Å². The van der Waals surface area contributed by atoms with Gasteiger partial charge in [-0.2, -0.15) is 18.3 Å². The Morgan fingerprint density at radius 1 is 1.42 bits per heavy atom. The summed E-state index contributed by atoms with van der Waals surface area (Å²) >= 11 is 0. The number of hydrogen-bond donors (Lipinski definition) is 1. The second-order valence-electron chi connectivity index (χ2n) is 2.97. The molecular weight excluding hydrogens is 169 g/mol. The summed E-state index contributed by atoms with van der Waals surface area (Å²) in [5.74, 6) is 0.0837. The predicted octanol–water partition coefficient (Wildman–Crippen LogP) is 2.31. The summed E-state index contributed by atoms with van der Waals surface area (Å²) in [7, 11) is 0. The van der Waals surface area contributed by atoms with Gasteiger partial charge in [-0.05, 0) is 18.8 Å². The van der Waals surface area contributed by atoms with Gasteiger partial charge < -0.3 is 0 Å². The Morgan fingerprint density at radius 3 is 2.58 bits per heavy atom. The van der Waals surface area contributed by atoms with Gasteiger partial charge in [0.25, 0.3) is 0 Å². The molecule has 1 aromatic heterocycles. The highest BCUT2D eigenvalue weighted by Gasteiger charge is 2.39. The van der Waals surface area contributed by atoms with Crippen LogP contribution in [0, 0.1) is 0 Å². The zero-order valence-corrected chi connectivity index (χ0v) is 6.15. The molecule has 1 N–H and O–H groups in total. The Kier molecular flexibility index (Phi) is 1.43. The van der Waals surface area contributed by atoms with Gasteiger partial charge in [-0.1, -0.05) is 0 Å². The van der Waals surface area contributed by atoms with Crippen LogP contribution in [0.1, 0.15) is 30.0 Å². The fraction of sp³-hybridized carbons (Fsp3) is 0.571. The fourth-order valence-electron chi connectivity index (χ4n) is 1.23. The molecule has 5 heteroatoms. The minimum absolute atomic E-state index is 0.0837. The van der Waals surface area contributed by atoms with E-state index in [0.29, 0.717) is 5.56 Å². The first-order chi connectivity index (χ1) is 5.59. The molecule has 1 aromatic rings. The smallest absolute Gasteiger partial charge is 0.273 e. The van der Waals surface area contributed by atoms with Crippen molar-refractivity contribution in [2.24, 2.45) is 0 Å². The van der Waals surface area contributed by atoms with Crippen molar-refractivity contribution in [2.45, 2.75) is 24.9 Å². The van der Waals surface area contributed by atoms with Crippen molar-refractivity contribution in [2.75, 3.05) is 0 Å². The maximum absolute atomic E-state index is 12.2. The second kappa shape index (κ2) is 2.24. The molecule has 0 spiro atoms. The summed E-state index contributed by atoms with van der Waals surface area (Å²) in [6.45, 7) is 0. The van der Waals surface area contributed by atoms with E-state index in [1.165, 1.54) is 6.20 Å². The van der Waals surface area contributed by atoms with Gasteiger partial charge in [0.15, 0.2) is 0 Å². The topological polar surface area (TPSA) is 28.7 Å². The summed E-state index contributed by atoms with van der Waals surface area (Å²) in [6.07, 6.45) is -1.31. The lowest BCUT2D eigenvalue weighted by molar-refractivity contribution is -0.141. The van der Waals surface area contributed by atoms with Crippen LogP contribution in [0.25, 0.3) is 0 Å². The summed E-state index contributed by atoms with van der Waals surface area (Å²) in [4.78, 5) is 0. The first-order valence-electron chi connectivity index (χ1n) is 3.69. The van der Waals surface area contributed by atoms with E-state index in [9.17, 15) is 13.2 Å². The lowest BCUT2D eigenvalue weighted by Crippen LogP contribution is -2.08. The van der Waals surface area contributed by atoms with Crippen LogP contribution in [0.2, 0.25) is 0 Å². The van der Waals surface area contributed by atoms with Crippen molar-refractivity contribution < 1.29 is 13.2 Å². The molecule has 0 atom stereocenters. The van der Waals surface area contributed by atoms with E-state index in [0.717, 1.165) is 12.8 Å². The number of aromatic nitrogens is 2. The highest BCUT2D eigenvalue weighted by Crippen LogP contribution is 2.44. The predicted molar refractivity (Wildman–Crippen MR) is 35.6 cm³/mol. The summed E-state index contributed by atoms with van der Waals surface area (Å²) in [5, 5.41) is 5.40. The van der Waals surface area contributed by atoms with E-state index in [2.05, 4.69) is 5.10 Å². The molecule has 2 rings (SSSR count). The van der Waals surface area contributed by atoms with Crippen molar-refractivity contribution >= 4 is 0 Å². The average molecular weight is 176 g/mol. The van der Waals surface area contributed by atoms with E-state index in [1.54, 1.807) is 0 Å². The molecule has 1 aliphatic carbocycles. The molecule has 0 unspecified atom stereocenters. The monoisotopic (exact) mass is 176 g/mol. The van der Waals surface area contributed by atoms with Gasteiger partial charge in [-0.25, -0.2) is 0 Å². The van der Waals surface area contributed by atoms with Crippen LogP contribution in [0.15, 0.2) is 6.20 Å². The standard InChI is InChI=1S/C7H7F3N2/c8-7(9,10)6-5(3-11-12-6)4-1-2-4/h3-4H,1-2H2,(H,11,12). The van der Waals surface area contributed by atoms with Gasteiger partial charge in [0, 0.05) is 5.56 Å². The Labute approximate surface area is 66.8 Å². The number of nitrogens with one attached hydrogen (secondary N) is 1. The molecule has 0 aromatic carbocycles. The summed E-state index contributed by atoms with van der Waals surface area (Å²) in [5.41, 5.74) is -0.354. The number of halogens is 3. The first-order valence-corrected chi connectivity index (χ1v) is 3.69. The summed E-state index contributed by atoms with van der Waals surface area (Å²) in [6, 6.07) is 0. The lowest BCUT2D eigenvalue weighted by atomic mass is 10.1.